The topological polar surface area (TPSA) is 34.0 Å². The predicted molar refractivity (Wildman–Crippen MR) is 47.0 cm³/mol. The summed E-state index contributed by atoms with van der Waals surface area (Å²) in [5, 5.41) is 4.26. The first-order valence-electron chi connectivity index (χ1n) is 4.36. The lowest BCUT2D eigenvalue weighted by molar-refractivity contribution is 0.657. The summed E-state index contributed by atoms with van der Waals surface area (Å²) in [4.78, 5) is 6.45. The Kier molecular flexibility index (Phi) is 1.75. The van der Waals surface area contributed by atoms with Crippen LogP contribution >= 0.6 is 0 Å². The molecule has 0 bridgehead atoms. The number of nitrogens with zero attached hydrogens (tertiary/aromatic N) is 4. The Morgan fingerprint density at radius 1 is 1.58 bits per heavy atom. The van der Waals surface area contributed by atoms with Crippen LogP contribution in [-0.2, 0) is 7.05 Å². The van der Waals surface area contributed by atoms with Crippen LogP contribution in [0.3, 0.4) is 0 Å². The largest absolute Gasteiger partial charge is 0.339 e. The first-order valence-corrected chi connectivity index (χ1v) is 4.36. The smallest absolute Gasteiger partial charge is 0.244 e. The highest BCUT2D eigenvalue weighted by atomic mass is 15.4. The first kappa shape index (κ1) is 7.58. The van der Waals surface area contributed by atoms with Crippen LogP contribution in [0.4, 0.5) is 5.95 Å². The molecule has 1 saturated heterocycles. The molecule has 1 aromatic rings. The van der Waals surface area contributed by atoms with Crippen molar-refractivity contribution < 1.29 is 0 Å². The number of aromatic nitrogens is 3. The molecule has 0 aliphatic carbocycles. The average Bonchev–Trinajstić information content (AvgIpc) is 2.58. The monoisotopic (exact) mass is 166 g/mol. The number of aryl methyl sites for hydroxylation is 1. The molecule has 1 aliphatic rings. The van der Waals surface area contributed by atoms with Gasteiger partial charge in [0, 0.05) is 20.1 Å². The minimum atomic E-state index is 0.786. The van der Waals surface area contributed by atoms with Gasteiger partial charge in [-0.1, -0.05) is 6.92 Å². The Hall–Kier alpha value is -1.06. The molecule has 0 saturated carbocycles. The molecular formula is C8H14N4. The quantitative estimate of drug-likeness (QED) is 0.614. The second-order valence-corrected chi connectivity index (χ2v) is 3.56. The minimum absolute atomic E-state index is 0.786. The van der Waals surface area contributed by atoms with Crippen molar-refractivity contribution in [2.45, 2.75) is 13.3 Å². The van der Waals surface area contributed by atoms with Crippen LogP contribution in [0.1, 0.15) is 13.3 Å². The molecule has 0 radical (unpaired) electrons. The van der Waals surface area contributed by atoms with Gasteiger partial charge in [0.2, 0.25) is 5.95 Å². The molecule has 4 nitrogen and oxygen atoms in total. The fourth-order valence-corrected chi connectivity index (χ4v) is 1.59. The highest BCUT2D eigenvalue weighted by molar-refractivity contribution is 5.29. The molecule has 1 aromatic heterocycles. The van der Waals surface area contributed by atoms with Crippen LogP contribution in [0.5, 0.6) is 0 Å². The molecular weight excluding hydrogens is 152 g/mol. The minimum Gasteiger partial charge on any atom is -0.339 e. The normalized spacial score (nSPS) is 23.5. The van der Waals surface area contributed by atoms with Crippen molar-refractivity contribution in [3.8, 4) is 0 Å². The van der Waals surface area contributed by atoms with Gasteiger partial charge in [0.05, 0.1) is 0 Å². The van der Waals surface area contributed by atoms with Gasteiger partial charge in [-0.3, -0.25) is 4.68 Å². The van der Waals surface area contributed by atoms with Crippen molar-refractivity contribution in [2.75, 3.05) is 18.0 Å². The summed E-state index contributed by atoms with van der Waals surface area (Å²) in [5.41, 5.74) is 0. The maximum atomic E-state index is 4.26. The third-order valence-electron chi connectivity index (χ3n) is 2.29. The van der Waals surface area contributed by atoms with Crippen LogP contribution in [0.2, 0.25) is 0 Å². The Morgan fingerprint density at radius 3 is 2.92 bits per heavy atom. The van der Waals surface area contributed by atoms with Gasteiger partial charge in [-0.25, -0.2) is 4.98 Å². The summed E-state index contributed by atoms with van der Waals surface area (Å²) < 4.78 is 1.75. The highest BCUT2D eigenvalue weighted by Crippen LogP contribution is 2.19. The van der Waals surface area contributed by atoms with Crippen LogP contribution in [0.25, 0.3) is 0 Å². The molecule has 0 spiro atoms. The molecule has 0 unspecified atom stereocenters. The van der Waals surface area contributed by atoms with Crippen molar-refractivity contribution in [3.05, 3.63) is 6.33 Å². The number of anilines is 1. The Labute approximate surface area is 72.2 Å². The lowest BCUT2D eigenvalue weighted by Crippen LogP contribution is -2.20. The summed E-state index contributed by atoms with van der Waals surface area (Å²) in [6.07, 6.45) is 3.01. The van der Waals surface area contributed by atoms with Crippen molar-refractivity contribution in [1.82, 2.24) is 14.8 Å². The van der Waals surface area contributed by atoms with E-state index in [9.17, 15) is 0 Å². The van der Waals surface area contributed by atoms with E-state index < -0.39 is 0 Å². The van der Waals surface area contributed by atoms with E-state index >= 15 is 0 Å². The van der Waals surface area contributed by atoms with Gasteiger partial charge in [-0.2, -0.15) is 0 Å². The summed E-state index contributed by atoms with van der Waals surface area (Å²) in [5.74, 6) is 1.66. The van der Waals surface area contributed by atoms with Gasteiger partial charge in [0.25, 0.3) is 0 Å². The third-order valence-corrected chi connectivity index (χ3v) is 2.29. The van der Waals surface area contributed by atoms with Gasteiger partial charge in [-0.15, -0.1) is 5.10 Å². The molecule has 2 rings (SSSR count). The molecule has 0 aromatic carbocycles. The van der Waals surface area contributed by atoms with E-state index in [4.69, 9.17) is 0 Å². The third kappa shape index (κ3) is 1.29. The van der Waals surface area contributed by atoms with Crippen LogP contribution in [0.15, 0.2) is 6.33 Å². The molecule has 4 heteroatoms. The van der Waals surface area contributed by atoms with E-state index in [1.165, 1.54) is 6.42 Å². The molecule has 2 heterocycles. The van der Waals surface area contributed by atoms with Gasteiger partial charge >= 0.3 is 0 Å². The second kappa shape index (κ2) is 2.77. The van der Waals surface area contributed by atoms with Crippen molar-refractivity contribution in [1.29, 1.82) is 0 Å². The average molecular weight is 166 g/mol. The van der Waals surface area contributed by atoms with Gasteiger partial charge in [0.15, 0.2) is 0 Å². The maximum absolute atomic E-state index is 4.26. The predicted octanol–water partition coefficient (Wildman–Crippen LogP) is 0.661. The van der Waals surface area contributed by atoms with Crippen molar-refractivity contribution in [3.63, 3.8) is 0 Å². The van der Waals surface area contributed by atoms with E-state index in [1.54, 1.807) is 11.0 Å². The van der Waals surface area contributed by atoms with E-state index in [2.05, 4.69) is 21.9 Å². The van der Waals surface area contributed by atoms with E-state index in [0.717, 1.165) is 25.0 Å². The second-order valence-electron chi connectivity index (χ2n) is 3.56. The fraction of sp³-hybridized carbons (Fsp3) is 0.750. The van der Waals surface area contributed by atoms with Gasteiger partial charge < -0.3 is 4.90 Å². The van der Waals surface area contributed by atoms with Crippen LogP contribution in [-0.4, -0.2) is 27.9 Å². The van der Waals surface area contributed by atoms with Crippen LogP contribution in [0, 0.1) is 5.92 Å². The van der Waals surface area contributed by atoms with Crippen molar-refractivity contribution >= 4 is 5.95 Å². The summed E-state index contributed by atoms with van der Waals surface area (Å²) >= 11 is 0. The SMILES string of the molecule is C[C@@H]1CCN(c2ncn(C)n2)C1. The summed E-state index contributed by atoms with van der Waals surface area (Å²) in [6.45, 7) is 4.47. The Morgan fingerprint density at radius 2 is 2.42 bits per heavy atom. The molecule has 12 heavy (non-hydrogen) atoms. The Bertz CT molecular complexity index is 268. The van der Waals surface area contributed by atoms with Gasteiger partial charge in [-0.05, 0) is 12.3 Å². The standard InChI is InChI=1S/C8H14N4/c1-7-3-4-12(5-7)8-9-6-11(2)10-8/h6-7H,3-5H2,1-2H3/t7-/m1/s1. The zero-order valence-corrected chi connectivity index (χ0v) is 7.56. The molecule has 0 amide bonds. The van der Waals surface area contributed by atoms with Crippen LogP contribution < -0.4 is 4.90 Å². The summed E-state index contributed by atoms with van der Waals surface area (Å²) in [7, 11) is 1.90. The number of hydrogen-bond donors (Lipinski definition) is 0. The Balaban J connectivity index is 2.11. The molecule has 0 N–H and O–H groups in total. The van der Waals surface area contributed by atoms with Gasteiger partial charge in [0.1, 0.15) is 6.33 Å². The number of rotatable bonds is 1. The molecule has 1 atom stereocenters. The van der Waals surface area contributed by atoms with E-state index in [1.807, 2.05) is 7.05 Å². The summed E-state index contributed by atoms with van der Waals surface area (Å²) in [6, 6.07) is 0. The van der Waals surface area contributed by atoms with E-state index in [0.29, 0.717) is 0 Å². The number of hydrogen-bond acceptors (Lipinski definition) is 3. The maximum Gasteiger partial charge on any atom is 0.244 e. The fourth-order valence-electron chi connectivity index (χ4n) is 1.59. The molecule has 66 valence electrons. The lowest BCUT2D eigenvalue weighted by Gasteiger charge is -2.11. The zero-order valence-electron chi connectivity index (χ0n) is 7.56. The van der Waals surface area contributed by atoms with E-state index in [-0.39, 0.29) is 0 Å². The molecule has 1 aliphatic heterocycles. The lowest BCUT2D eigenvalue weighted by atomic mass is 10.2. The highest BCUT2D eigenvalue weighted by Gasteiger charge is 2.21. The zero-order chi connectivity index (χ0) is 8.55. The first-order chi connectivity index (χ1) is 5.75. The molecule has 1 fully saturated rings. The van der Waals surface area contributed by atoms with Crippen molar-refractivity contribution in [2.24, 2.45) is 13.0 Å².